The second kappa shape index (κ2) is 2.20. The molecule has 0 bridgehead atoms. The molecule has 1 saturated heterocycles. The first kappa shape index (κ1) is 7.55. The van der Waals surface area contributed by atoms with Gasteiger partial charge in [0.15, 0.2) is 0 Å². The second-order valence-electron chi connectivity index (χ2n) is 3.51. The third-order valence-electron chi connectivity index (χ3n) is 2.64. The first-order valence-corrected chi connectivity index (χ1v) is 5.94. The molecular formula is C7H13NO2S. The van der Waals surface area contributed by atoms with Gasteiger partial charge in [-0.3, -0.25) is 0 Å². The van der Waals surface area contributed by atoms with Crippen molar-refractivity contribution in [1.29, 1.82) is 0 Å². The fourth-order valence-electron chi connectivity index (χ4n) is 2.15. The van der Waals surface area contributed by atoms with Crippen molar-refractivity contribution >= 4 is 10.0 Å². The molecule has 64 valence electrons. The highest BCUT2D eigenvalue weighted by molar-refractivity contribution is 7.88. The summed E-state index contributed by atoms with van der Waals surface area (Å²) in [7, 11) is -2.88. The highest BCUT2D eigenvalue weighted by atomic mass is 32.2. The molecule has 2 atom stereocenters. The van der Waals surface area contributed by atoms with E-state index in [1.165, 1.54) is 19.1 Å². The first-order chi connectivity index (χ1) is 5.11. The van der Waals surface area contributed by atoms with Gasteiger partial charge in [0.1, 0.15) is 0 Å². The third-order valence-corrected chi connectivity index (χ3v) is 3.95. The lowest BCUT2D eigenvalue weighted by molar-refractivity contribution is 0.551. The normalized spacial score (nSPS) is 43.2. The van der Waals surface area contributed by atoms with Crippen molar-refractivity contribution < 1.29 is 8.42 Å². The number of hydrogen-bond donors (Lipinski definition) is 0. The van der Waals surface area contributed by atoms with Crippen LogP contribution in [-0.4, -0.2) is 31.1 Å². The summed E-state index contributed by atoms with van der Waals surface area (Å²) in [5.41, 5.74) is 0. The van der Waals surface area contributed by atoms with Crippen LogP contribution in [0.2, 0.25) is 0 Å². The summed E-state index contributed by atoms with van der Waals surface area (Å²) in [6.07, 6.45) is 5.88. The van der Waals surface area contributed by atoms with Crippen LogP contribution in [-0.2, 0) is 10.0 Å². The van der Waals surface area contributed by atoms with Crippen LogP contribution < -0.4 is 0 Å². The molecule has 0 unspecified atom stereocenters. The molecule has 4 heteroatoms. The number of hydrogen-bond acceptors (Lipinski definition) is 2. The van der Waals surface area contributed by atoms with Gasteiger partial charge in [0.2, 0.25) is 10.0 Å². The molecule has 0 N–H and O–H groups in total. The van der Waals surface area contributed by atoms with E-state index in [-0.39, 0.29) is 0 Å². The molecule has 2 aliphatic rings. The van der Waals surface area contributed by atoms with Crippen LogP contribution in [0.1, 0.15) is 25.7 Å². The van der Waals surface area contributed by atoms with Crippen molar-refractivity contribution in [2.45, 2.75) is 37.8 Å². The summed E-state index contributed by atoms with van der Waals surface area (Å²) < 4.78 is 23.8. The standard InChI is InChI=1S/C7H13NO2S/c1-11(9,10)8-6-4-2-3-5-7(6)8/h6-7H,2-5H2,1H3/t6-,7-/m0/s1. The van der Waals surface area contributed by atoms with Crippen molar-refractivity contribution in [2.24, 2.45) is 0 Å². The molecule has 0 aromatic heterocycles. The zero-order chi connectivity index (χ0) is 8.06. The van der Waals surface area contributed by atoms with Crippen molar-refractivity contribution in [2.75, 3.05) is 6.26 Å². The maximum atomic E-state index is 11.1. The molecule has 1 heterocycles. The van der Waals surface area contributed by atoms with Gasteiger partial charge in [0, 0.05) is 12.1 Å². The Morgan fingerprint density at radius 2 is 1.64 bits per heavy atom. The Labute approximate surface area is 67.4 Å². The van der Waals surface area contributed by atoms with Gasteiger partial charge in [-0.1, -0.05) is 12.8 Å². The number of sulfonamides is 1. The molecule has 1 aliphatic heterocycles. The van der Waals surface area contributed by atoms with Crippen LogP contribution in [0.5, 0.6) is 0 Å². The van der Waals surface area contributed by atoms with Crippen LogP contribution in [0.25, 0.3) is 0 Å². The van der Waals surface area contributed by atoms with Gasteiger partial charge in [0.05, 0.1) is 6.26 Å². The minimum absolute atomic E-state index is 0.374. The maximum Gasteiger partial charge on any atom is 0.211 e. The van der Waals surface area contributed by atoms with Crippen molar-refractivity contribution in [1.82, 2.24) is 4.31 Å². The SMILES string of the molecule is CS(=O)(=O)N1[C@H]2CCCC[C@@H]21. The Morgan fingerprint density at radius 3 is 2.00 bits per heavy atom. The molecule has 0 radical (unpaired) electrons. The minimum Gasteiger partial charge on any atom is -0.212 e. The van der Waals surface area contributed by atoms with Crippen LogP contribution in [0.3, 0.4) is 0 Å². The van der Waals surface area contributed by atoms with Crippen LogP contribution in [0.4, 0.5) is 0 Å². The monoisotopic (exact) mass is 175 g/mol. The lowest BCUT2D eigenvalue weighted by Gasteiger charge is -2.02. The van der Waals surface area contributed by atoms with Crippen molar-refractivity contribution in [3.8, 4) is 0 Å². The molecule has 0 amide bonds. The molecule has 3 nitrogen and oxygen atoms in total. The summed E-state index contributed by atoms with van der Waals surface area (Å²) in [6, 6.07) is 0.748. The van der Waals surface area contributed by atoms with Crippen LogP contribution in [0.15, 0.2) is 0 Å². The van der Waals surface area contributed by atoms with Gasteiger partial charge in [0.25, 0.3) is 0 Å². The fraction of sp³-hybridized carbons (Fsp3) is 1.00. The molecule has 2 fully saturated rings. The number of nitrogens with zero attached hydrogens (tertiary/aromatic N) is 1. The zero-order valence-electron chi connectivity index (χ0n) is 6.66. The topological polar surface area (TPSA) is 37.1 Å². The van der Waals surface area contributed by atoms with E-state index in [4.69, 9.17) is 0 Å². The van der Waals surface area contributed by atoms with Gasteiger partial charge in [-0.2, -0.15) is 4.31 Å². The fourth-order valence-corrected chi connectivity index (χ4v) is 3.57. The van der Waals surface area contributed by atoms with E-state index < -0.39 is 10.0 Å². The Balaban J connectivity index is 2.12. The Morgan fingerprint density at radius 1 is 1.18 bits per heavy atom. The van der Waals surface area contributed by atoms with E-state index in [2.05, 4.69) is 0 Å². The van der Waals surface area contributed by atoms with Gasteiger partial charge in [-0.25, -0.2) is 8.42 Å². The number of rotatable bonds is 1. The lowest BCUT2D eigenvalue weighted by atomic mass is 10.0. The van der Waals surface area contributed by atoms with Crippen molar-refractivity contribution in [3.05, 3.63) is 0 Å². The summed E-state index contributed by atoms with van der Waals surface area (Å²) in [4.78, 5) is 0. The average Bonchev–Trinajstić information content (AvgIpc) is 2.58. The molecule has 0 aromatic carbocycles. The molecule has 0 aromatic rings. The Hall–Kier alpha value is -0.0900. The molecule has 2 rings (SSSR count). The van der Waals surface area contributed by atoms with Gasteiger partial charge < -0.3 is 0 Å². The van der Waals surface area contributed by atoms with Crippen LogP contribution in [0, 0.1) is 0 Å². The second-order valence-corrected chi connectivity index (χ2v) is 5.40. The summed E-state index contributed by atoms with van der Waals surface area (Å²) in [5, 5.41) is 0. The van der Waals surface area contributed by atoms with Crippen molar-refractivity contribution in [3.63, 3.8) is 0 Å². The molecule has 11 heavy (non-hydrogen) atoms. The zero-order valence-corrected chi connectivity index (χ0v) is 7.47. The molecule has 1 saturated carbocycles. The summed E-state index contributed by atoms with van der Waals surface area (Å²) >= 11 is 0. The van der Waals surface area contributed by atoms with E-state index in [1.54, 1.807) is 4.31 Å². The van der Waals surface area contributed by atoms with E-state index in [9.17, 15) is 8.42 Å². The number of fused-ring (bicyclic) bond motifs is 1. The molecule has 1 aliphatic carbocycles. The van der Waals surface area contributed by atoms with E-state index >= 15 is 0 Å². The first-order valence-electron chi connectivity index (χ1n) is 4.09. The minimum atomic E-state index is -2.88. The largest absolute Gasteiger partial charge is 0.212 e. The van der Waals surface area contributed by atoms with Gasteiger partial charge >= 0.3 is 0 Å². The maximum absolute atomic E-state index is 11.1. The van der Waals surface area contributed by atoms with Crippen LogP contribution >= 0.6 is 0 Å². The third kappa shape index (κ3) is 1.18. The van der Waals surface area contributed by atoms with Gasteiger partial charge in [-0.15, -0.1) is 0 Å². The van der Waals surface area contributed by atoms with E-state index in [0.717, 1.165) is 12.8 Å². The van der Waals surface area contributed by atoms with E-state index in [1.807, 2.05) is 0 Å². The predicted molar refractivity (Wildman–Crippen MR) is 42.7 cm³/mol. The quantitative estimate of drug-likeness (QED) is 0.546. The molecule has 0 spiro atoms. The summed E-state index contributed by atoms with van der Waals surface area (Å²) in [6.45, 7) is 0. The summed E-state index contributed by atoms with van der Waals surface area (Å²) in [5.74, 6) is 0. The Kier molecular flexibility index (Phi) is 1.51. The Bertz CT molecular complexity index is 248. The van der Waals surface area contributed by atoms with E-state index in [0.29, 0.717) is 12.1 Å². The highest BCUT2D eigenvalue weighted by Gasteiger charge is 2.53. The predicted octanol–water partition coefficient (Wildman–Crippen LogP) is 0.573. The van der Waals surface area contributed by atoms with Gasteiger partial charge in [-0.05, 0) is 12.8 Å². The highest BCUT2D eigenvalue weighted by Crippen LogP contribution is 2.42. The molecular weight excluding hydrogens is 162 g/mol. The average molecular weight is 175 g/mol. The smallest absolute Gasteiger partial charge is 0.211 e. The lowest BCUT2D eigenvalue weighted by Crippen LogP contribution is -2.12.